The summed E-state index contributed by atoms with van der Waals surface area (Å²) < 4.78 is 24.6. The van der Waals surface area contributed by atoms with Gasteiger partial charge in [0.2, 0.25) is 0 Å². The van der Waals surface area contributed by atoms with Crippen LogP contribution >= 0.6 is 10.7 Å². The molecule has 0 aliphatic carbocycles. The first-order valence-corrected chi connectivity index (χ1v) is 8.61. The number of aromatic nitrogens is 3. The largest absolute Gasteiger partial charge is 0.297 e. The normalized spacial score (nSPS) is 11.8. The molecule has 0 aliphatic heterocycles. The molecule has 0 atom stereocenters. The van der Waals surface area contributed by atoms with Gasteiger partial charge in [-0.05, 0) is 37.5 Å². The molecule has 0 amide bonds. The Kier molecular flexibility index (Phi) is 4.15. The van der Waals surface area contributed by atoms with Crippen molar-refractivity contribution >= 4 is 19.7 Å². The van der Waals surface area contributed by atoms with Gasteiger partial charge in [-0.2, -0.15) is 0 Å². The summed E-state index contributed by atoms with van der Waals surface area (Å²) in [5.41, 5.74) is 3.12. The van der Waals surface area contributed by atoms with Gasteiger partial charge in [0.15, 0.2) is 5.82 Å². The van der Waals surface area contributed by atoms with Gasteiger partial charge < -0.3 is 0 Å². The third-order valence-electron chi connectivity index (χ3n) is 3.15. The van der Waals surface area contributed by atoms with Crippen molar-refractivity contribution in [2.75, 3.05) is 0 Å². The monoisotopic (exact) mass is 313 g/mol. The van der Waals surface area contributed by atoms with E-state index in [-0.39, 0.29) is 5.16 Å². The Labute approximate surface area is 123 Å². The van der Waals surface area contributed by atoms with Crippen LogP contribution in [0, 0.1) is 13.8 Å². The fourth-order valence-corrected chi connectivity index (χ4v) is 2.91. The fourth-order valence-electron chi connectivity index (χ4n) is 1.99. The van der Waals surface area contributed by atoms with Gasteiger partial charge in [-0.3, -0.25) is 4.57 Å². The molecule has 1 aromatic heterocycles. The summed E-state index contributed by atoms with van der Waals surface area (Å²) in [7, 11) is 1.51. The summed E-state index contributed by atoms with van der Waals surface area (Å²) in [6, 6.07) is 5.85. The highest BCUT2D eigenvalue weighted by molar-refractivity contribution is 8.13. The maximum absolute atomic E-state index is 11.5. The van der Waals surface area contributed by atoms with Gasteiger partial charge in [-0.15, -0.1) is 10.2 Å². The van der Waals surface area contributed by atoms with E-state index in [0.717, 1.165) is 17.5 Å². The molecule has 1 heterocycles. The number of hydrogen-bond donors (Lipinski definition) is 0. The molecule has 0 unspecified atom stereocenters. The Morgan fingerprint density at radius 2 is 1.90 bits per heavy atom. The van der Waals surface area contributed by atoms with E-state index < -0.39 is 9.05 Å². The SMILES string of the molecule is CCCn1c(-c2ccc(C)c(C)c2)nnc1S(=O)(=O)Cl. The van der Waals surface area contributed by atoms with Crippen LogP contribution in [-0.4, -0.2) is 23.2 Å². The summed E-state index contributed by atoms with van der Waals surface area (Å²) in [5, 5.41) is 7.52. The van der Waals surface area contributed by atoms with Crippen molar-refractivity contribution in [3.63, 3.8) is 0 Å². The molecule has 0 aliphatic rings. The zero-order valence-electron chi connectivity index (χ0n) is 11.6. The molecule has 0 radical (unpaired) electrons. The van der Waals surface area contributed by atoms with Gasteiger partial charge in [-0.25, -0.2) is 8.42 Å². The first-order chi connectivity index (χ1) is 9.34. The zero-order chi connectivity index (χ0) is 14.9. The highest BCUT2D eigenvalue weighted by atomic mass is 35.7. The Balaban J connectivity index is 2.62. The second-order valence-electron chi connectivity index (χ2n) is 4.69. The number of rotatable bonds is 4. The molecule has 20 heavy (non-hydrogen) atoms. The Morgan fingerprint density at radius 3 is 2.45 bits per heavy atom. The molecule has 2 aromatic rings. The smallest absolute Gasteiger partial charge is 0.296 e. The molecule has 5 nitrogen and oxygen atoms in total. The summed E-state index contributed by atoms with van der Waals surface area (Å²) in [6.07, 6.45) is 0.759. The molecule has 108 valence electrons. The maximum atomic E-state index is 11.5. The molecule has 0 bridgehead atoms. The van der Waals surface area contributed by atoms with E-state index in [1.807, 2.05) is 39.0 Å². The van der Waals surface area contributed by atoms with Crippen LogP contribution in [0.5, 0.6) is 0 Å². The summed E-state index contributed by atoms with van der Waals surface area (Å²) in [6.45, 7) is 6.47. The van der Waals surface area contributed by atoms with E-state index in [9.17, 15) is 8.42 Å². The average molecular weight is 314 g/mol. The van der Waals surface area contributed by atoms with E-state index in [1.165, 1.54) is 5.56 Å². The standard InChI is InChI=1S/C13H16ClN3O2S/c1-4-7-17-12(15-16-13(17)20(14,18)19)11-6-5-9(2)10(3)8-11/h5-6,8H,4,7H2,1-3H3. The Bertz CT molecular complexity index is 738. The third kappa shape index (κ3) is 2.86. The predicted molar refractivity (Wildman–Crippen MR) is 78.3 cm³/mol. The highest BCUT2D eigenvalue weighted by Crippen LogP contribution is 2.24. The van der Waals surface area contributed by atoms with Crippen molar-refractivity contribution in [2.45, 2.75) is 38.9 Å². The van der Waals surface area contributed by atoms with Crippen molar-refractivity contribution in [1.29, 1.82) is 0 Å². The van der Waals surface area contributed by atoms with Crippen LogP contribution in [-0.2, 0) is 15.6 Å². The number of benzene rings is 1. The molecule has 0 N–H and O–H groups in total. The molecular formula is C13H16ClN3O2S. The van der Waals surface area contributed by atoms with Crippen molar-refractivity contribution in [3.8, 4) is 11.4 Å². The van der Waals surface area contributed by atoms with Crippen molar-refractivity contribution < 1.29 is 8.42 Å². The lowest BCUT2D eigenvalue weighted by Gasteiger charge is -2.08. The number of halogens is 1. The predicted octanol–water partition coefficient (Wildman–Crippen LogP) is 2.90. The quantitative estimate of drug-likeness (QED) is 0.814. The minimum Gasteiger partial charge on any atom is -0.297 e. The van der Waals surface area contributed by atoms with Gasteiger partial charge in [0.05, 0.1) is 0 Å². The lowest BCUT2D eigenvalue weighted by molar-refractivity contribution is 0.570. The van der Waals surface area contributed by atoms with Crippen LogP contribution in [0.2, 0.25) is 0 Å². The number of hydrogen-bond acceptors (Lipinski definition) is 4. The molecule has 2 rings (SSSR count). The fraction of sp³-hybridized carbons (Fsp3) is 0.385. The molecule has 7 heteroatoms. The second-order valence-corrected chi connectivity index (χ2v) is 7.15. The second kappa shape index (κ2) is 5.54. The Hall–Kier alpha value is -1.40. The first-order valence-electron chi connectivity index (χ1n) is 6.30. The van der Waals surface area contributed by atoms with Crippen LogP contribution in [0.4, 0.5) is 0 Å². The number of aryl methyl sites for hydroxylation is 2. The lowest BCUT2D eigenvalue weighted by atomic mass is 10.1. The molecule has 1 aromatic carbocycles. The van der Waals surface area contributed by atoms with Crippen LogP contribution in [0.1, 0.15) is 24.5 Å². The van der Waals surface area contributed by atoms with Crippen molar-refractivity contribution in [1.82, 2.24) is 14.8 Å². The van der Waals surface area contributed by atoms with Crippen molar-refractivity contribution in [2.24, 2.45) is 0 Å². The molecule has 0 fully saturated rings. The van der Waals surface area contributed by atoms with Gasteiger partial charge in [0.25, 0.3) is 14.2 Å². The van der Waals surface area contributed by atoms with E-state index >= 15 is 0 Å². The van der Waals surface area contributed by atoms with Gasteiger partial charge >= 0.3 is 0 Å². The molecular weight excluding hydrogens is 298 g/mol. The molecule has 0 saturated carbocycles. The maximum Gasteiger partial charge on any atom is 0.296 e. The summed E-state index contributed by atoms with van der Waals surface area (Å²) in [4.78, 5) is 0. The molecule has 0 saturated heterocycles. The summed E-state index contributed by atoms with van der Waals surface area (Å²) >= 11 is 0. The first kappa shape index (κ1) is 15.0. The minimum absolute atomic E-state index is 0.200. The Morgan fingerprint density at radius 1 is 1.20 bits per heavy atom. The lowest BCUT2D eigenvalue weighted by Crippen LogP contribution is -2.07. The highest BCUT2D eigenvalue weighted by Gasteiger charge is 2.22. The van der Waals surface area contributed by atoms with E-state index in [0.29, 0.717) is 12.4 Å². The van der Waals surface area contributed by atoms with E-state index in [2.05, 4.69) is 10.2 Å². The van der Waals surface area contributed by atoms with Crippen LogP contribution < -0.4 is 0 Å². The van der Waals surface area contributed by atoms with Gasteiger partial charge in [-0.1, -0.05) is 19.1 Å². The van der Waals surface area contributed by atoms with E-state index in [1.54, 1.807) is 4.57 Å². The minimum atomic E-state index is -3.90. The van der Waals surface area contributed by atoms with Gasteiger partial charge in [0, 0.05) is 22.8 Å². The topological polar surface area (TPSA) is 64.8 Å². The average Bonchev–Trinajstić information content (AvgIpc) is 2.77. The van der Waals surface area contributed by atoms with E-state index in [4.69, 9.17) is 10.7 Å². The zero-order valence-corrected chi connectivity index (χ0v) is 13.2. The van der Waals surface area contributed by atoms with Gasteiger partial charge in [0.1, 0.15) is 0 Å². The third-order valence-corrected chi connectivity index (χ3v) is 4.30. The number of nitrogens with zero attached hydrogens (tertiary/aromatic N) is 3. The van der Waals surface area contributed by atoms with Crippen LogP contribution in [0.15, 0.2) is 23.4 Å². The molecule has 0 spiro atoms. The summed E-state index contributed by atoms with van der Waals surface area (Å²) in [5.74, 6) is 0.522. The van der Waals surface area contributed by atoms with Crippen LogP contribution in [0.3, 0.4) is 0 Å². The van der Waals surface area contributed by atoms with Crippen LogP contribution in [0.25, 0.3) is 11.4 Å². The van der Waals surface area contributed by atoms with Crippen molar-refractivity contribution in [3.05, 3.63) is 29.3 Å².